The van der Waals surface area contributed by atoms with Gasteiger partial charge in [0.25, 0.3) is 0 Å². The molecule has 1 atom stereocenters. The minimum atomic E-state index is -0.420. The fourth-order valence-electron chi connectivity index (χ4n) is 3.09. The van der Waals surface area contributed by atoms with Crippen molar-refractivity contribution in [2.24, 2.45) is 5.41 Å². The highest BCUT2D eigenvalue weighted by molar-refractivity contribution is 6.30. The molecule has 3 rings (SSSR count). The molecule has 0 saturated heterocycles. The van der Waals surface area contributed by atoms with Crippen LogP contribution in [0, 0.1) is 5.41 Å². The molecule has 0 saturated carbocycles. The highest BCUT2D eigenvalue weighted by Crippen LogP contribution is 2.41. The molecule has 2 N–H and O–H groups in total. The average molecular weight is 305 g/mol. The van der Waals surface area contributed by atoms with Gasteiger partial charge in [0.1, 0.15) is 0 Å². The number of Topliss-reactive ketones (excluding diaryl/α,β-unsaturated/α-hetero) is 1. The number of carbonyl (C=O) groups excluding carboxylic acids is 2. The molecular weight excluding hydrogens is 288 g/mol. The van der Waals surface area contributed by atoms with E-state index in [2.05, 4.69) is 10.6 Å². The molecule has 21 heavy (non-hydrogen) atoms. The van der Waals surface area contributed by atoms with Crippen molar-refractivity contribution >= 4 is 23.4 Å². The summed E-state index contributed by atoms with van der Waals surface area (Å²) < 4.78 is 0. The largest absolute Gasteiger partial charge is 0.327 e. The van der Waals surface area contributed by atoms with Crippen LogP contribution in [-0.2, 0) is 4.79 Å². The van der Waals surface area contributed by atoms with E-state index < -0.39 is 6.04 Å². The van der Waals surface area contributed by atoms with E-state index in [0.717, 1.165) is 11.3 Å². The van der Waals surface area contributed by atoms with E-state index in [0.29, 0.717) is 23.4 Å². The summed E-state index contributed by atoms with van der Waals surface area (Å²) in [5.74, 6) is 0.0822. The number of halogens is 1. The Balaban J connectivity index is 2.08. The summed E-state index contributed by atoms with van der Waals surface area (Å²) in [6.07, 6.45) is 1.18. The number of allylic oxidation sites excluding steroid dienone is 1. The number of hydrogen-bond donors (Lipinski definition) is 2. The van der Waals surface area contributed by atoms with Crippen molar-refractivity contribution < 1.29 is 9.59 Å². The summed E-state index contributed by atoms with van der Waals surface area (Å²) >= 11 is 6.03. The van der Waals surface area contributed by atoms with Crippen molar-refractivity contribution in [3.8, 4) is 0 Å². The molecule has 110 valence electrons. The Kier molecular flexibility index (Phi) is 3.29. The Morgan fingerprint density at radius 1 is 1.24 bits per heavy atom. The van der Waals surface area contributed by atoms with Crippen molar-refractivity contribution in [3.63, 3.8) is 0 Å². The third kappa shape index (κ3) is 2.68. The van der Waals surface area contributed by atoms with Crippen LogP contribution >= 0.6 is 11.6 Å². The zero-order valence-electron chi connectivity index (χ0n) is 12.0. The number of carbonyl (C=O) groups is 2. The van der Waals surface area contributed by atoms with Gasteiger partial charge in [0.2, 0.25) is 0 Å². The van der Waals surface area contributed by atoms with Gasteiger partial charge >= 0.3 is 6.03 Å². The van der Waals surface area contributed by atoms with Crippen molar-refractivity contribution in [3.05, 3.63) is 46.1 Å². The first kappa shape index (κ1) is 14.1. The summed E-state index contributed by atoms with van der Waals surface area (Å²) in [5, 5.41) is 6.21. The summed E-state index contributed by atoms with van der Waals surface area (Å²) in [5.41, 5.74) is 2.11. The van der Waals surface area contributed by atoms with E-state index >= 15 is 0 Å². The lowest BCUT2D eigenvalue weighted by Crippen LogP contribution is -2.48. The molecule has 0 spiro atoms. The van der Waals surface area contributed by atoms with Crippen LogP contribution in [0.2, 0.25) is 5.02 Å². The quantitative estimate of drug-likeness (QED) is 0.836. The second-order valence-corrected chi connectivity index (χ2v) is 6.86. The van der Waals surface area contributed by atoms with Gasteiger partial charge in [-0.05, 0) is 29.5 Å². The van der Waals surface area contributed by atoms with Gasteiger partial charge in [-0.15, -0.1) is 0 Å². The van der Waals surface area contributed by atoms with Gasteiger partial charge in [0.15, 0.2) is 5.78 Å². The van der Waals surface area contributed by atoms with E-state index in [4.69, 9.17) is 11.6 Å². The van der Waals surface area contributed by atoms with Crippen molar-refractivity contribution in [1.82, 2.24) is 10.6 Å². The number of nitrogens with one attached hydrogen (secondary N) is 2. The van der Waals surface area contributed by atoms with E-state index in [-0.39, 0.29) is 17.2 Å². The molecule has 2 amide bonds. The van der Waals surface area contributed by atoms with Gasteiger partial charge in [-0.25, -0.2) is 4.79 Å². The molecule has 0 aromatic heterocycles. The zero-order chi connectivity index (χ0) is 15.2. The van der Waals surface area contributed by atoms with E-state index in [1.807, 2.05) is 26.0 Å². The minimum absolute atomic E-state index is 0.0822. The second-order valence-electron chi connectivity index (χ2n) is 6.42. The number of urea groups is 1. The molecule has 1 aliphatic heterocycles. The highest BCUT2D eigenvalue weighted by Gasteiger charge is 2.40. The lowest BCUT2D eigenvalue weighted by atomic mass is 9.73. The first-order valence-corrected chi connectivity index (χ1v) is 7.33. The van der Waals surface area contributed by atoms with Crippen LogP contribution < -0.4 is 10.6 Å². The Morgan fingerprint density at radius 3 is 2.71 bits per heavy atom. The molecule has 0 radical (unpaired) electrons. The van der Waals surface area contributed by atoms with Gasteiger partial charge in [-0.3, -0.25) is 4.79 Å². The highest BCUT2D eigenvalue weighted by atomic mass is 35.5. The smallest absolute Gasteiger partial charge is 0.319 e. The van der Waals surface area contributed by atoms with Crippen LogP contribution in [0.3, 0.4) is 0 Å². The number of ketones is 1. The fourth-order valence-corrected chi connectivity index (χ4v) is 3.29. The normalized spacial score (nSPS) is 24.2. The average Bonchev–Trinajstić information content (AvgIpc) is 2.35. The molecule has 5 heteroatoms. The van der Waals surface area contributed by atoms with Crippen LogP contribution in [0.5, 0.6) is 0 Å². The number of benzene rings is 1. The second kappa shape index (κ2) is 4.88. The maximum atomic E-state index is 12.5. The van der Waals surface area contributed by atoms with Gasteiger partial charge in [-0.2, -0.15) is 0 Å². The van der Waals surface area contributed by atoms with Gasteiger partial charge in [0.05, 0.1) is 6.04 Å². The fraction of sp³-hybridized carbons (Fsp3) is 0.375. The molecular formula is C16H17ClN2O2. The summed E-state index contributed by atoms with van der Waals surface area (Å²) in [6.45, 7) is 4.08. The molecule has 0 bridgehead atoms. The van der Waals surface area contributed by atoms with Crippen molar-refractivity contribution in [1.29, 1.82) is 0 Å². The number of rotatable bonds is 1. The van der Waals surface area contributed by atoms with E-state index in [9.17, 15) is 9.59 Å². The lowest BCUT2D eigenvalue weighted by molar-refractivity contribution is -0.118. The molecule has 1 aromatic rings. The minimum Gasteiger partial charge on any atom is -0.327 e. The van der Waals surface area contributed by atoms with Crippen LogP contribution in [0.25, 0.3) is 0 Å². The molecule has 1 heterocycles. The summed E-state index contributed by atoms with van der Waals surface area (Å²) in [7, 11) is 0. The number of hydrogen-bond acceptors (Lipinski definition) is 2. The molecule has 1 aromatic carbocycles. The van der Waals surface area contributed by atoms with Crippen molar-refractivity contribution in [2.45, 2.75) is 32.7 Å². The monoisotopic (exact) mass is 304 g/mol. The first-order chi connectivity index (χ1) is 9.85. The number of amides is 2. The standard InChI is InChI=1S/C16H17ClN2O2/c1-16(2)7-11-13(12(20)8-16)14(19-15(21)18-11)9-4-3-5-10(17)6-9/h3-6,14H,7-8H2,1-2H3,(H2,18,19,21). The third-order valence-electron chi connectivity index (χ3n) is 3.93. The predicted molar refractivity (Wildman–Crippen MR) is 80.9 cm³/mol. The molecule has 1 aliphatic carbocycles. The molecule has 0 fully saturated rings. The van der Waals surface area contributed by atoms with E-state index in [1.54, 1.807) is 12.1 Å². The maximum Gasteiger partial charge on any atom is 0.319 e. The summed E-state index contributed by atoms with van der Waals surface area (Å²) in [4.78, 5) is 24.4. The van der Waals surface area contributed by atoms with Crippen LogP contribution in [-0.4, -0.2) is 11.8 Å². The molecule has 4 nitrogen and oxygen atoms in total. The van der Waals surface area contributed by atoms with Crippen molar-refractivity contribution in [2.75, 3.05) is 0 Å². The molecule has 2 aliphatic rings. The van der Waals surface area contributed by atoms with Crippen LogP contribution in [0.4, 0.5) is 4.79 Å². The third-order valence-corrected chi connectivity index (χ3v) is 4.17. The first-order valence-electron chi connectivity index (χ1n) is 6.95. The van der Waals surface area contributed by atoms with Gasteiger partial charge in [0, 0.05) is 22.7 Å². The molecule has 1 unspecified atom stereocenters. The van der Waals surface area contributed by atoms with Crippen LogP contribution in [0.15, 0.2) is 35.5 Å². The topological polar surface area (TPSA) is 58.2 Å². The van der Waals surface area contributed by atoms with Gasteiger partial charge < -0.3 is 10.6 Å². The Labute approximate surface area is 128 Å². The van der Waals surface area contributed by atoms with Crippen LogP contribution in [0.1, 0.15) is 38.3 Å². The maximum absolute atomic E-state index is 12.5. The Morgan fingerprint density at radius 2 is 2.00 bits per heavy atom. The zero-order valence-corrected chi connectivity index (χ0v) is 12.8. The SMILES string of the molecule is CC1(C)CC(=O)C2=C(C1)NC(=O)NC2c1cccc(Cl)c1. The lowest BCUT2D eigenvalue weighted by Gasteiger charge is -2.38. The summed E-state index contributed by atoms with van der Waals surface area (Å²) in [6, 6.07) is 6.56. The Hall–Kier alpha value is -1.81. The van der Waals surface area contributed by atoms with Gasteiger partial charge in [-0.1, -0.05) is 37.6 Å². The predicted octanol–water partition coefficient (Wildman–Crippen LogP) is 3.34. The van der Waals surface area contributed by atoms with E-state index in [1.165, 1.54) is 0 Å². The Bertz CT molecular complexity index is 664.